The van der Waals surface area contributed by atoms with Crippen LogP contribution in [0.3, 0.4) is 0 Å². The highest BCUT2D eigenvalue weighted by Crippen LogP contribution is 2.32. The summed E-state index contributed by atoms with van der Waals surface area (Å²) in [6, 6.07) is 7.48. The predicted octanol–water partition coefficient (Wildman–Crippen LogP) is 1.03. The van der Waals surface area contributed by atoms with Gasteiger partial charge in [0.1, 0.15) is 11.3 Å². The van der Waals surface area contributed by atoms with E-state index in [2.05, 4.69) is 5.32 Å². The molecule has 2 aliphatic rings. The van der Waals surface area contributed by atoms with Crippen LogP contribution in [0.1, 0.15) is 23.7 Å². The quantitative estimate of drug-likeness (QED) is 0.842. The van der Waals surface area contributed by atoms with Crippen molar-refractivity contribution in [1.82, 2.24) is 10.2 Å². The summed E-state index contributed by atoms with van der Waals surface area (Å²) in [5, 5.41) is 11.2. The minimum Gasteiger partial charge on any atom is -0.465 e. The molecule has 130 valence electrons. The first kappa shape index (κ1) is 16.8. The number of rotatable bonds is 4. The fourth-order valence-electron chi connectivity index (χ4n) is 2.99. The van der Waals surface area contributed by atoms with Crippen LogP contribution in [0.25, 0.3) is 0 Å². The molecule has 8 heteroatoms. The fourth-order valence-corrected chi connectivity index (χ4v) is 4.90. The van der Waals surface area contributed by atoms with E-state index in [0.717, 1.165) is 17.7 Å². The lowest BCUT2D eigenvalue weighted by Crippen LogP contribution is -2.51. The minimum absolute atomic E-state index is 0.0431. The Kier molecular flexibility index (Phi) is 4.49. The van der Waals surface area contributed by atoms with Gasteiger partial charge < -0.3 is 10.4 Å². The van der Waals surface area contributed by atoms with Crippen molar-refractivity contribution in [2.45, 2.75) is 24.1 Å². The van der Waals surface area contributed by atoms with Gasteiger partial charge in [-0.05, 0) is 24.3 Å². The van der Waals surface area contributed by atoms with Crippen LogP contribution in [-0.4, -0.2) is 55.3 Å². The van der Waals surface area contributed by atoms with Gasteiger partial charge in [0.15, 0.2) is 9.84 Å². The maximum atomic E-state index is 12.8. The lowest BCUT2D eigenvalue weighted by Gasteiger charge is -2.26. The summed E-state index contributed by atoms with van der Waals surface area (Å²) < 4.78 is 25.5. The zero-order chi connectivity index (χ0) is 17.3. The molecule has 0 aromatic heterocycles. The Balaban J connectivity index is 1.88. The number of hydrogen-bond acceptors (Lipinski definition) is 4. The van der Waals surface area contributed by atoms with E-state index in [0.29, 0.717) is 5.56 Å². The second-order valence-corrected chi connectivity index (χ2v) is 8.60. The Hall–Kier alpha value is -2.09. The van der Waals surface area contributed by atoms with Crippen LogP contribution in [0.5, 0.6) is 0 Å². The van der Waals surface area contributed by atoms with Gasteiger partial charge in [-0.2, -0.15) is 0 Å². The maximum absolute atomic E-state index is 12.8. The number of carboxylic acid groups (broad SMARTS) is 1. The molecule has 1 heterocycles. The molecule has 2 N–H and O–H groups in total. The molecular formula is C16H20N2O5S. The van der Waals surface area contributed by atoms with Gasteiger partial charge in [-0.25, -0.2) is 13.2 Å². The molecule has 2 unspecified atom stereocenters. The lowest BCUT2D eigenvalue weighted by molar-refractivity contribution is -0.125. The fraction of sp³-hybridized carbons (Fsp3) is 0.500. The van der Waals surface area contributed by atoms with Crippen LogP contribution in [0.15, 0.2) is 30.3 Å². The summed E-state index contributed by atoms with van der Waals surface area (Å²) in [6.45, 7) is 0.164. The van der Waals surface area contributed by atoms with Gasteiger partial charge in [-0.3, -0.25) is 9.69 Å². The molecule has 2 atom stereocenters. The number of nitrogens with one attached hydrogen (secondary N) is 1. The second kappa shape index (κ2) is 6.43. The molecule has 2 fully saturated rings. The Morgan fingerprint density at radius 2 is 1.92 bits per heavy atom. The summed E-state index contributed by atoms with van der Waals surface area (Å²) in [6.07, 6.45) is 0.574. The van der Waals surface area contributed by atoms with E-state index in [4.69, 9.17) is 0 Å². The summed E-state index contributed by atoms with van der Waals surface area (Å²) in [5.41, 5.74) is 0.600. The van der Waals surface area contributed by atoms with Gasteiger partial charge in [0.25, 0.3) is 0 Å². The number of sulfone groups is 1. The molecule has 24 heavy (non-hydrogen) atoms. The SMILES string of the molecule is O=C1NCC(c2ccccc2)S(=O)(=O)CC1N(CC1CC1)C(=O)O. The largest absolute Gasteiger partial charge is 0.465 e. The number of hydrogen-bond donors (Lipinski definition) is 2. The van der Waals surface area contributed by atoms with Crippen molar-refractivity contribution in [2.24, 2.45) is 5.92 Å². The van der Waals surface area contributed by atoms with E-state index in [9.17, 15) is 23.1 Å². The van der Waals surface area contributed by atoms with Gasteiger partial charge in [0.05, 0.1) is 5.75 Å². The summed E-state index contributed by atoms with van der Waals surface area (Å²) in [5.74, 6) is -0.804. The van der Waals surface area contributed by atoms with E-state index < -0.39 is 38.9 Å². The topological polar surface area (TPSA) is 104 Å². The van der Waals surface area contributed by atoms with Crippen molar-refractivity contribution >= 4 is 21.8 Å². The average molecular weight is 352 g/mol. The smallest absolute Gasteiger partial charge is 0.408 e. The first-order chi connectivity index (χ1) is 11.4. The number of carbonyl (C=O) groups excluding carboxylic acids is 1. The monoisotopic (exact) mass is 352 g/mol. The molecule has 3 rings (SSSR count). The molecular weight excluding hydrogens is 332 g/mol. The Labute approximate surface area is 140 Å². The molecule has 0 spiro atoms. The highest BCUT2D eigenvalue weighted by molar-refractivity contribution is 7.91. The molecule has 1 saturated heterocycles. The van der Waals surface area contributed by atoms with Gasteiger partial charge in [-0.1, -0.05) is 30.3 Å². The standard InChI is InChI=1S/C16H20N2O5S/c19-15-13(18(16(20)21)9-11-6-7-11)10-24(22,23)14(8-17-15)12-4-2-1-3-5-12/h1-5,11,13-14H,6-10H2,(H,17,19)(H,20,21). The Morgan fingerprint density at radius 1 is 1.25 bits per heavy atom. The summed E-state index contributed by atoms with van der Waals surface area (Å²) >= 11 is 0. The van der Waals surface area contributed by atoms with E-state index >= 15 is 0 Å². The van der Waals surface area contributed by atoms with E-state index in [1.165, 1.54) is 0 Å². The second-order valence-electron chi connectivity index (χ2n) is 6.37. The zero-order valence-corrected chi connectivity index (χ0v) is 13.9. The van der Waals surface area contributed by atoms with Crippen molar-refractivity contribution in [1.29, 1.82) is 0 Å². The first-order valence-corrected chi connectivity index (χ1v) is 9.64. The molecule has 1 aliphatic carbocycles. The third-order valence-electron chi connectivity index (χ3n) is 4.53. The van der Waals surface area contributed by atoms with Crippen LogP contribution < -0.4 is 5.32 Å². The maximum Gasteiger partial charge on any atom is 0.408 e. The normalized spacial score (nSPS) is 26.2. The van der Waals surface area contributed by atoms with E-state index in [1.54, 1.807) is 30.3 Å². The van der Waals surface area contributed by atoms with Crippen LogP contribution in [0, 0.1) is 5.92 Å². The summed E-state index contributed by atoms with van der Waals surface area (Å²) in [7, 11) is -3.68. The lowest BCUT2D eigenvalue weighted by atomic mass is 10.1. The van der Waals surface area contributed by atoms with Crippen molar-refractivity contribution in [2.75, 3.05) is 18.8 Å². The summed E-state index contributed by atoms with van der Waals surface area (Å²) in [4.78, 5) is 24.9. The molecule has 0 radical (unpaired) electrons. The Morgan fingerprint density at radius 3 is 2.50 bits per heavy atom. The van der Waals surface area contributed by atoms with Crippen LogP contribution in [0.4, 0.5) is 4.79 Å². The number of amides is 2. The average Bonchev–Trinajstić information content (AvgIpc) is 3.35. The highest BCUT2D eigenvalue weighted by atomic mass is 32.2. The molecule has 1 aromatic rings. The Bertz CT molecular complexity index is 730. The third-order valence-corrected chi connectivity index (χ3v) is 6.62. The third kappa shape index (κ3) is 3.53. The molecule has 1 saturated carbocycles. The van der Waals surface area contributed by atoms with Crippen molar-refractivity contribution in [3.63, 3.8) is 0 Å². The van der Waals surface area contributed by atoms with Gasteiger partial charge in [0, 0.05) is 13.1 Å². The highest BCUT2D eigenvalue weighted by Gasteiger charge is 2.42. The molecule has 1 aliphatic heterocycles. The molecule has 1 aromatic carbocycles. The number of nitrogens with zero attached hydrogens (tertiary/aromatic N) is 1. The molecule has 7 nitrogen and oxygen atoms in total. The first-order valence-electron chi connectivity index (χ1n) is 7.92. The molecule has 0 bridgehead atoms. The van der Waals surface area contributed by atoms with Crippen molar-refractivity contribution in [3.8, 4) is 0 Å². The van der Waals surface area contributed by atoms with Crippen LogP contribution in [0.2, 0.25) is 0 Å². The minimum atomic E-state index is -3.68. The van der Waals surface area contributed by atoms with E-state index in [1.807, 2.05) is 0 Å². The van der Waals surface area contributed by atoms with Crippen LogP contribution in [-0.2, 0) is 14.6 Å². The zero-order valence-electron chi connectivity index (χ0n) is 13.1. The van der Waals surface area contributed by atoms with Crippen LogP contribution >= 0.6 is 0 Å². The van der Waals surface area contributed by atoms with Gasteiger partial charge in [-0.15, -0.1) is 0 Å². The molecule has 2 amide bonds. The number of benzene rings is 1. The van der Waals surface area contributed by atoms with Crippen molar-refractivity contribution in [3.05, 3.63) is 35.9 Å². The van der Waals surface area contributed by atoms with Crippen molar-refractivity contribution < 1.29 is 23.1 Å². The van der Waals surface area contributed by atoms with Gasteiger partial charge >= 0.3 is 6.09 Å². The number of carbonyl (C=O) groups is 2. The predicted molar refractivity (Wildman–Crippen MR) is 87.2 cm³/mol. The van der Waals surface area contributed by atoms with E-state index in [-0.39, 0.29) is 19.0 Å². The van der Waals surface area contributed by atoms with Gasteiger partial charge in [0.2, 0.25) is 5.91 Å².